The molecule has 6 nitrogen and oxygen atoms in total. The SMILES string of the molecule is COc1ccc(NC(=O)C(=O)N/N=C/c2ccccc2C)cc1. The van der Waals surface area contributed by atoms with Crippen LogP contribution >= 0.6 is 0 Å². The maximum absolute atomic E-state index is 11.7. The van der Waals surface area contributed by atoms with Crippen molar-refractivity contribution in [3.8, 4) is 5.75 Å². The molecule has 0 spiro atoms. The Kier molecular flexibility index (Phi) is 5.46. The van der Waals surface area contributed by atoms with E-state index < -0.39 is 11.8 Å². The quantitative estimate of drug-likeness (QED) is 0.515. The smallest absolute Gasteiger partial charge is 0.329 e. The molecule has 2 aromatic rings. The van der Waals surface area contributed by atoms with Crippen LogP contribution in [0.25, 0.3) is 0 Å². The number of carbonyl (C=O) groups is 2. The minimum absolute atomic E-state index is 0.494. The summed E-state index contributed by atoms with van der Waals surface area (Å²) in [5.74, 6) is -0.974. The summed E-state index contributed by atoms with van der Waals surface area (Å²) in [6.07, 6.45) is 1.49. The van der Waals surface area contributed by atoms with Crippen LogP contribution in [0.15, 0.2) is 53.6 Å². The molecule has 0 atom stereocenters. The molecule has 2 aromatic carbocycles. The van der Waals surface area contributed by atoms with Crippen molar-refractivity contribution in [3.63, 3.8) is 0 Å². The number of nitrogens with one attached hydrogen (secondary N) is 2. The van der Waals surface area contributed by atoms with E-state index in [0.29, 0.717) is 11.4 Å². The van der Waals surface area contributed by atoms with Crippen LogP contribution in [0.1, 0.15) is 11.1 Å². The third kappa shape index (κ3) is 4.67. The number of rotatable bonds is 4. The maximum Gasteiger partial charge on any atom is 0.329 e. The van der Waals surface area contributed by atoms with Gasteiger partial charge >= 0.3 is 11.8 Å². The molecule has 23 heavy (non-hydrogen) atoms. The highest BCUT2D eigenvalue weighted by Crippen LogP contribution is 2.14. The molecular formula is C17H17N3O3. The summed E-state index contributed by atoms with van der Waals surface area (Å²) in [5.41, 5.74) is 4.57. The van der Waals surface area contributed by atoms with E-state index in [2.05, 4.69) is 15.8 Å². The first-order valence-corrected chi connectivity index (χ1v) is 6.94. The summed E-state index contributed by atoms with van der Waals surface area (Å²) in [6.45, 7) is 1.93. The van der Waals surface area contributed by atoms with Crippen LogP contribution < -0.4 is 15.5 Å². The van der Waals surface area contributed by atoms with E-state index in [9.17, 15) is 9.59 Å². The first-order valence-electron chi connectivity index (χ1n) is 6.94. The van der Waals surface area contributed by atoms with Gasteiger partial charge in [0.05, 0.1) is 13.3 Å². The number of methoxy groups -OCH3 is 1. The molecule has 0 aromatic heterocycles. The third-order valence-corrected chi connectivity index (χ3v) is 3.11. The fourth-order valence-corrected chi connectivity index (χ4v) is 1.81. The summed E-state index contributed by atoms with van der Waals surface area (Å²) in [7, 11) is 1.55. The van der Waals surface area contributed by atoms with Gasteiger partial charge in [0, 0.05) is 5.69 Å². The van der Waals surface area contributed by atoms with Crippen LogP contribution in [0.2, 0.25) is 0 Å². The molecule has 0 fully saturated rings. The van der Waals surface area contributed by atoms with Gasteiger partial charge in [-0.15, -0.1) is 0 Å². The van der Waals surface area contributed by atoms with Crippen molar-refractivity contribution >= 4 is 23.7 Å². The third-order valence-electron chi connectivity index (χ3n) is 3.11. The molecule has 2 rings (SSSR count). The predicted molar refractivity (Wildman–Crippen MR) is 88.5 cm³/mol. The largest absolute Gasteiger partial charge is 0.497 e. The molecule has 0 aliphatic carbocycles. The van der Waals surface area contributed by atoms with Gasteiger partial charge in [0.15, 0.2) is 0 Å². The van der Waals surface area contributed by atoms with Crippen molar-refractivity contribution < 1.29 is 14.3 Å². The topological polar surface area (TPSA) is 79.8 Å². The Morgan fingerprint density at radius 3 is 2.39 bits per heavy atom. The lowest BCUT2D eigenvalue weighted by atomic mass is 10.1. The van der Waals surface area contributed by atoms with Gasteiger partial charge in [-0.05, 0) is 42.3 Å². The minimum atomic E-state index is -0.842. The number of anilines is 1. The molecule has 118 valence electrons. The normalized spacial score (nSPS) is 10.3. The average Bonchev–Trinajstić information content (AvgIpc) is 2.57. The summed E-state index contributed by atoms with van der Waals surface area (Å²) >= 11 is 0. The number of amides is 2. The lowest BCUT2D eigenvalue weighted by Gasteiger charge is -2.05. The minimum Gasteiger partial charge on any atom is -0.497 e. The highest BCUT2D eigenvalue weighted by Gasteiger charge is 2.12. The fourth-order valence-electron chi connectivity index (χ4n) is 1.81. The van der Waals surface area contributed by atoms with Gasteiger partial charge in [0.1, 0.15) is 5.75 Å². The van der Waals surface area contributed by atoms with Crippen molar-refractivity contribution in [1.29, 1.82) is 0 Å². The standard InChI is InChI=1S/C17H17N3O3/c1-12-5-3-4-6-13(12)11-18-20-17(22)16(21)19-14-7-9-15(23-2)10-8-14/h3-11H,1-2H3,(H,19,21)(H,20,22)/b18-11+. The predicted octanol–water partition coefficient (Wildman–Crippen LogP) is 2.09. The molecule has 0 heterocycles. The number of benzene rings is 2. The summed E-state index contributed by atoms with van der Waals surface area (Å²) in [4.78, 5) is 23.4. The van der Waals surface area contributed by atoms with E-state index in [1.807, 2.05) is 31.2 Å². The van der Waals surface area contributed by atoms with Crippen molar-refractivity contribution in [2.24, 2.45) is 5.10 Å². The Morgan fingerprint density at radius 2 is 1.74 bits per heavy atom. The number of carbonyl (C=O) groups excluding carboxylic acids is 2. The Hall–Kier alpha value is -3.15. The number of hydrazone groups is 1. The first-order chi connectivity index (χ1) is 11.1. The van der Waals surface area contributed by atoms with Crippen LogP contribution in [-0.2, 0) is 9.59 Å². The highest BCUT2D eigenvalue weighted by molar-refractivity contribution is 6.39. The molecule has 6 heteroatoms. The summed E-state index contributed by atoms with van der Waals surface area (Å²) in [6, 6.07) is 14.2. The maximum atomic E-state index is 11.7. The van der Waals surface area contributed by atoms with Crippen molar-refractivity contribution in [3.05, 3.63) is 59.7 Å². The second kappa shape index (κ2) is 7.74. The van der Waals surface area contributed by atoms with Crippen LogP contribution in [0.3, 0.4) is 0 Å². The van der Waals surface area contributed by atoms with Gasteiger partial charge < -0.3 is 10.1 Å². The number of nitrogens with zero attached hydrogens (tertiary/aromatic N) is 1. The Labute approximate surface area is 134 Å². The zero-order chi connectivity index (χ0) is 16.7. The van der Waals surface area contributed by atoms with Gasteiger partial charge in [-0.3, -0.25) is 9.59 Å². The van der Waals surface area contributed by atoms with E-state index in [1.165, 1.54) is 6.21 Å². The molecule has 0 bridgehead atoms. The van der Waals surface area contributed by atoms with Crippen molar-refractivity contribution in [1.82, 2.24) is 5.43 Å². The van der Waals surface area contributed by atoms with E-state index in [0.717, 1.165) is 11.1 Å². The monoisotopic (exact) mass is 311 g/mol. The lowest BCUT2D eigenvalue weighted by molar-refractivity contribution is -0.136. The molecular weight excluding hydrogens is 294 g/mol. The van der Waals surface area contributed by atoms with Gasteiger partial charge in [-0.25, -0.2) is 5.43 Å². The Balaban J connectivity index is 1.89. The number of ether oxygens (including phenoxy) is 1. The van der Waals surface area contributed by atoms with Crippen molar-refractivity contribution in [2.45, 2.75) is 6.92 Å². The van der Waals surface area contributed by atoms with Crippen LogP contribution in [0, 0.1) is 6.92 Å². The molecule has 2 N–H and O–H groups in total. The van der Waals surface area contributed by atoms with Gasteiger partial charge in [-0.2, -0.15) is 5.10 Å². The Morgan fingerprint density at radius 1 is 1.04 bits per heavy atom. The van der Waals surface area contributed by atoms with E-state index in [1.54, 1.807) is 31.4 Å². The molecule has 0 unspecified atom stereocenters. The van der Waals surface area contributed by atoms with E-state index in [4.69, 9.17) is 4.74 Å². The number of aryl methyl sites for hydroxylation is 1. The van der Waals surface area contributed by atoms with E-state index >= 15 is 0 Å². The van der Waals surface area contributed by atoms with Gasteiger partial charge in [0.25, 0.3) is 0 Å². The van der Waals surface area contributed by atoms with Crippen molar-refractivity contribution in [2.75, 3.05) is 12.4 Å². The molecule has 0 saturated carbocycles. The van der Waals surface area contributed by atoms with Crippen LogP contribution in [-0.4, -0.2) is 25.1 Å². The van der Waals surface area contributed by atoms with Gasteiger partial charge in [0.2, 0.25) is 0 Å². The molecule has 0 radical (unpaired) electrons. The zero-order valence-electron chi connectivity index (χ0n) is 12.9. The molecule has 0 aliphatic rings. The zero-order valence-corrected chi connectivity index (χ0v) is 12.9. The summed E-state index contributed by atoms with van der Waals surface area (Å²) < 4.78 is 5.02. The molecule has 0 aliphatic heterocycles. The average molecular weight is 311 g/mol. The van der Waals surface area contributed by atoms with Gasteiger partial charge in [-0.1, -0.05) is 24.3 Å². The first kappa shape index (κ1) is 16.2. The Bertz CT molecular complexity index is 724. The van der Waals surface area contributed by atoms with Crippen LogP contribution in [0.5, 0.6) is 5.75 Å². The fraction of sp³-hybridized carbons (Fsp3) is 0.118. The van der Waals surface area contributed by atoms with E-state index in [-0.39, 0.29) is 0 Å². The number of hydrogen-bond donors (Lipinski definition) is 2. The summed E-state index contributed by atoms with van der Waals surface area (Å²) in [5, 5.41) is 6.26. The second-order valence-electron chi connectivity index (χ2n) is 4.74. The number of hydrogen-bond acceptors (Lipinski definition) is 4. The molecule has 2 amide bonds. The lowest BCUT2D eigenvalue weighted by Crippen LogP contribution is -2.32. The highest BCUT2D eigenvalue weighted by atomic mass is 16.5. The van der Waals surface area contributed by atoms with Crippen LogP contribution in [0.4, 0.5) is 5.69 Å². The molecule has 0 saturated heterocycles. The second-order valence-corrected chi connectivity index (χ2v) is 4.74.